The Kier molecular flexibility index (Phi) is 4.83. The van der Waals surface area contributed by atoms with Crippen LogP contribution < -0.4 is 0 Å². The van der Waals surface area contributed by atoms with Crippen LogP contribution in [0.15, 0.2) is 0 Å². The first-order chi connectivity index (χ1) is 8.26. The van der Waals surface area contributed by atoms with Crippen molar-refractivity contribution in [3.8, 4) is 0 Å². The van der Waals surface area contributed by atoms with Crippen LogP contribution in [0.25, 0.3) is 0 Å². The van der Waals surface area contributed by atoms with E-state index in [9.17, 15) is 5.11 Å². The average molecular weight is 241 g/mol. The number of nitrogens with zero attached hydrogens (tertiary/aromatic N) is 1. The van der Waals surface area contributed by atoms with Gasteiger partial charge in [-0.1, -0.05) is 32.1 Å². The Bertz CT molecular complexity index is 215. The Hall–Kier alpha value is -0.120. The number of aliphatic hydroxyl groups excluding tert-OH is 1. The van der Waals surface area contributed by atoms with Crippen LogP contribution in [0.2, 0.25) is 0 Å². The monoisotopic (exact) mass is 241 g/mol. The van der Waals surface area contributed by atoms with Crippen LogP contribution in [0.3, 0.4) is 0 Å². The highest BCUT2D eigenvalue weighted by atomic mass is 16.5. The molecular formula is C14H27NO2. The summed E-state index contributed by atoms with van der Waals surface area (Å²) in [5.41, 5.74) is 0.0388. The zero-order valence-electron chi connectivity index (χ0n) is 11.2. The third-order valence-corrected chi connectivity index (χ3v) is 4.43. The summed E-state index contributed by atoms with van der Waals surface area (Å²) in [4.78, 5) is 2.48. The second kappa shape index (κ2) is 6.17. The molecule has 0 bridgehead atoms. The molecule has 1 saturated heterocycles. The second-order valence-electron chi connectivity index (χ2n) is 6.06. The highest BCUT2D eigenvalue weighted by Crippen LogP contribution is 2.30. The molecular weight excluding hydrogens is 214 g/mol. The van der Waals surface area contributed by atoms with E-state index in [2.05, 4.69) is 11.9 Å². The van der Waals surface area contributed by atoms with Gasteiger partial charge in [0.25, 0.3) is 0 Å². The lowest BCUT2D eigenvalue weighted by atomic mass is 9.85. The molecule has 0 unspecified atom stereocenters. The van der Waals surface area contributed by atoms with Gasteiger partial charge in [-0.05, 0) is 19.9 Å². The van der Waals surface area contributed by atoms with Crippen molar-refractivity contribution in [2.75, 3.05) is 33.4 Å². The quantitative estimate of drug-likeness (QED) is 0.817. The number of aliphatic hydroxyl groups is 1. The molecule has 3 nitrogen and oxygen atoms in total. The normalized spacial score (nSPS) is 26.3. The van der Waals surface area contributed by atoms with E-state index in [1.807, 2.05) is 0 Å². The van der Waals surface area contributed by atoms with E-state index < -0.39 is 0 Å². The summed E-state index contributed by atoms with van der Waals surface area (Å²) in [5, 5.41) is 9.48. The topological polar surface area (TPSA) is 32.7 Å². The molecule has 1 aliphatic carbocycles. The first-order valence-corrected chi connectivity index (χ1v) is 7.15. The maximum Gasteiger partial charge on any atom is 0.0579 e. The minimum Gasteiger partial charge on any atom is -0.396 e. The summed E-state index contributed by atoms with van der Waals surface area (Å²) in [5.74, 6) is 0. The molecule has 2 rings (SSSR count). The first-order valence-electron chi connectivity index (χ1n) is 7.15. The van der Waals surface area contributed by atoms with E-state index >= 15 is 0 Å². The van der Waals surface area contributed by atoms with Gasteiger partial charge in [0.1, 0.15) is 0 Å². The molecule has 0 aromatic rings. The minimum absolute atomic E-state index is 0.0388. The summed E-state index contributed by atoms with van der Waals surface area (Å²) >= 11 is 0. The molecule has 2 fully saturated rings. The molecule has 3 heteroatoms. The highest BCUT2D eigenvalue weighted by molar-refractivity contribution is 4.89. The summed E-state index contributed by atoms with van der Waals surface area (Å²) < 4.78 is 5.28. The summed E-state index contributed by atoms with van der Waals surface area (Å²) in [6, 6.07) is 0.722. The highest BCUT2D eigenvalue weighted by Gasteiger charge is 2.39. The minimum atomic E-state index is 0.0388. The van der Waals surface area contributed by atoms with E-state index in [0.29, 0.717) is 0 Å². The van der Waals surface area contributed by atoms with Crippen LogP contribution in [0.4, 0.5) is 0 Å². The molecule has 1 saturated carbocycles. The third kappa shape index (κ3) is 3.43. The van der Waals surface area contributed by atoms with Crippen LogP contribution >= 0.6 is 0 Å². The van der Waals surface area contributed by atoms with Crippen molar-refractivity contribution in [1.29, 1.82) is 0 Å². The third-order valence-electron chi connectivity index (χ3n) is 4.43. The fourth-order valence-electron chi connectivity index (χ4n) is 3.16. The molecule has 0 atom stereocenters. The van der Waals surface area contributed by atoms with Crippen LogP contribution in [0.1, 0.15) is 44.9 Å². The SMILES string of the molecule is CN(CC1(CO)COC1)C1CCCCCCC1. The molecule has 0 aromatic heterocycles. The Morgan fingerprint density at radius 2 is 1.71 bits per heavy atom. The molecule has 0 radical (unpaired) electrons. The number of hydrogen-bond donors (Lipinski definition) is 1. The van der Waals surface area contributed by atoms with Crippen molar-refractivity contribution >= 4 is 0 Å². The summed E-state index contributed by atoms with van der Waals surface area (Å²) in [6.45, 7) is 2.74. The van der Waals surface area contributed by atoms with Gasteiger partial charge < -0.3 is 14.7 Å². The van der Waals surface area contributed by atoms with Gasteiger partial charge in [0.05, 0.1) is 25.2 Å². The fraction of sp³-hybridized carbons (Fsp3) is 1.00. The molecule has 100 valence electrons. The predicted molar refractivity (Wildman–Crippen MR) is 69.1 cm³/mol. The Labute approximate surface area is 105 Å². The summed E-state index contributed by atoms with van der Waals surface area (Å²) in [6.07, 6.45) is 9.63. The Morgan fingerprint density at radius 3 is 2.18 bits per heavy atom. The molecule has 0 spiro atoms. The van der Waals surface area contributed by atoms with Crippen molar-refractivity contribution in [3.63, 3.8) is 0 Å². The fourth-order valence-corrected chi connectivity index (χ4v) is 3.16. The maximum atomic E-state index is 9.48. The van der Waals surface area contributed by atoms with Crippen LogP contribution in [-0.4, -0.2) is 49.5 Å². The zero-order chi connectivity index (χ0) is 12.1. The smallest absolute Gasteiger partial charge is 0.0579 e. The van der Waals surface area contributed by atoms with Gasteiger partial charge >= 0.3 is 0 Å². The number of rotatable bonds is 4. The lowest BCUT2D eigenvalue weighted by Crippen LogP contribution is -2.54. The zero-order valence-corrected chi connectivity index (χ0v) is 11.2. The van der Waals surface area contributed by atoms with Gasteiger partial charge in [-0.25, -0.2) is 0 Å². The molecule has 17 heavy (non-hydrogen) atoms. The molecule has 1 aliphatic heterocycles. The van der Waals surface area contributed by atoms with Crippen LogP contribution in [0.5, 0.6) is 0 Å². The molecule has 1 heterocycles. The van der Waals surface area contributed by atoms with E-state index in [-0.39, 0.29) is 12.0 Å². The van der Waals surface area contributed by atoms with Crippen molar-refractivity contribution in [2.24, 2.45) is 5.41 Å². The van der Waals surface area contributed by atoms with Gasteiger partial charge in [0, 0.05) is 12.6 Å². The van der Waals surface area contributed by atoms with E-state index in [1.165, 1.54) is 44.9 Å². The van der Waals surface area contributed by atoms with Crippen molar-refractivity contribution in [3.05, 3.63) is 0 Å². The second-order valence-corrected chi connectivity index (χ2v) is 6.06. The van der Waals surface area contributed by atoms with Gasteiger partial charge in [-0.15, -0.1) is 0 Å². The van der Waals surface area contributed by atoms with E-state index in [4.69, 9.17) is 4.74 Å². The lowest BCUT2D eigenvalue weighted by molar-refractivity contribution is -0.149. The van der Waals surface area contributed by atoms with Crippen molar-refractivity contribution < 1.29 is 9.84 Å². The van der Waals surface area contributed by atoms with Crippen LogP contribution in [0, 0.1) is 5.41 Å². The molecule has 0 aromatic carbocycles. The van der Waals surface area contributed by atoms with Crippen molar-refractivity contribution in [2.45, 2.75) is 51.0 Å². The maximum absolute atomic E-state index is 9.48. The lowest BCUT2D eigenvalue weighted by Gasteiger charge is -2.44. The van der Waals surface area contributed by atoms with E-state index in [1.54, 1.807) is 0 Å². The standard InChI is InChI=1S/C14H27NO2/c1-15(9-14(10-16)11-17-12-14)13-7-5-3-2-4-6-8-13/h13,16H,2-12H2,1H3. The largest absolute Gasteiger partial charge is 0.396 e. The Morgan fingerprint density at radius 1 is 1.12 bits per heavy atom. The molecule has 0 amide bonds. The van der Waals surface area contributed by atoms with Crippen LogP contribution in [-0.2, 0) is 4.74 Å². The summed E-state index contributed by atoms with van der Waals surface area (Å²) in [7, 11) is 2.22. The molecule has 2 aliphatic rings. The van der Waals surface area contributed by atoms with Gasteiger partial charge in [-0.3, -0.25) is 0 Å². The molecule has 1 N–H and O–H groups in total. The number of hydrogen-bond acceptors (Lipinski definition) is 3. The Balaban J connectivity index is 1.82. The van der Waals surface area contributed by atoms with Gasteiger partial charge in [0.2, 0.25) is 0 Å². The average Bonchev–Trinajstić information content (AvgIpc) is 2.22. The van der Waals surface area contributed by atoms with Crippen molar-refractivity contribution in [1.82, 2.24) is 4.90 Å². The first kappa shape index (κ1) is 13.3. The van der Waals surface area contributed by atoms with E-state index in [0.717, 1.165) is 25.8 Å². The predicted octanol–water partition coefficient (Wildman–Crippen LogP) is 2.04. The number of ether oxygens (including phenoxy) is 1. The van der Waals surface area contributed by atoms with Gasteiger partial charge in [0.15, 0.2) is 0 Å². The van der Waals surface area contributed by atoms with Gasteiger partial charge in [-0.2, -0.15) is 0 Å².